The summed E-state index contributed by atoms with van der Waals surface area (Å²) < 4.78 is 48.3. The number of aliphatic hydroxyl groups is 13. The summed E-state index contributed by atoms with van der Waals surface area (Å²) in [7, 11) is 0. The highest BCUT2D eigenvalue weighted by molar-refractivity contribution is 5.73. The van der Waals surface area contributed by atoms with Gasteiger partial charge in [-0.25, -0.2) is 4.79 Å². The third-order valence-corrected chi connectivity index (χ3v) is 21.7. The van der Waals surface area contributed by atoms with Crippen molar-refractivity contribution in [3.63, 3.8) is 0 Å². The number of rotatable bonds is 12. The van der Waals surface area contributed by atoms with Crippen LogP contribution in [0.1, 0.15) is 113 Å². The molecular weight excluding hydrogens is 1020 g/mol. The Hall–Kier alpha value is -1.63. The Morgan fingerprint density at radius 1 is 0.584 bits per heavy atom. The Balaban J connectivity index is 0.950. The molecule has 9 aliphatic rings. The van der Waals surface area contributed by atoms with Crippen LogP contribution in [0, 0.1) is 50.2 Å². The molecule has 77 heavy (non-hydrogen) atoms. The van der Waals surface area contributed by atoms with Crippen LogP contribution < -0.4 is 0 Å². The predicted octanol–water partition coefficient (Wildman–Crippen LogP) is -1.47. The molecule has 4 saturated heterocycles. The highest BCUT2D eigenvalue weighted by Crippen LogP contribution is 2.76. The smallest absolute Gasteiger partial charge is 0.335 e. The van der Waals surface area contributed by atoms with Gasteiger partial charge in [-0.2, -0.15) is 0 Å². The highest BCUT2D eigenvalue weighted by atomic mass is 16.8. The molecule has 30 unspecified atom stereocenters. The molecular formula is C54H88O23. The van der Waals surface area contributed by atoms with E-state index in [1.54, 1.807) is 0 Å². The van der Waals surface area contributed by atoms with E-state index in [-0.39, 0.29) is 40.6 Å². The first-order valence-corrected chi connectivity index (χ1v) is 27.8. The maximum absolute atomic E-state index is 12.6. The average Bonchev–Trinajstić information content (AvgIpc) is 3.37. The van der Waals surface area contributed by atoms with Crippen LogP contribution in [0.4, 0.5) is 0 Å². The van der Waals surface area contributed by atoms with Crippen LogP contribution in [-0.2, 0) is 42.7 Å². The largest absolute Gasteiger partial charge is 0.479 e. The molecule has 0 radical (unpaired) electrons. The first-order valence-electron chi connectivity index (χ1n) is 27.8. The van der Waals surface area contributed by atoms with Gasteiger partial charge >= 0.3 is 5.97 Å². The van der Waals surface area contributed by atoms with Crippen molar-refractivity contribution in [1.29, 1.82) is 0 Å². The number of carboxylic acid groups (broad SMARTS) is 1. The number of fused-ring (bicyclic) bond motifs is 7. The van der Waals surface area contributed by atoms with E-state index < -0.39 is 170 Å². The molecule has 9 rings (SSSR count). The Morgan fingerprint density at radius 3 is 1.79 bits per heavy atom. The van der Waals surface area contributed by atoms with Crippen molar-refractivity contribution in [3.05, 3.63) is 11.6 Å². The summed E-state index contributed by atoms with van der Waals surface area (Å²) >= 11 is 0. The molecule has 5 aliphatic carbocycles. The summed E-state index contributed by atoms with van der Waals surface area (Å²) in [5.41, 5.74) is -0.953. The molecule has 14 N–H and O–H groups in total. The van der Waals surface area contributed by atoms with E-state index in [1.165, 1.54) is 12.5 Å². The summed E-state index contributed by atoms with van der Waals surface area (Å²) in [5.74, 6) is -1.34. The van der Waals surface area contributed by atoms with E-state index in [2.05, 4.69) is 54.5 Å². The molecule has 0 spiro atoms. The van der Waals surface area contributed by atoms with Gasteiger partial charge in [0.15, 0.2) is 31.3 Å². The fourth-order valence-electron chi connectivity index (χ4n) is 16.6. The minimum Gasteiger partial charge on any atom is -0.479 e. The van der Waals surface area contributed by atoms with Crippen LogP contribution >= 0.6 is 0 Å². The van der Waals surface area contributed by atoms with Gasteiger partial charge in [0.25, 0.3) is 0 Å². The van der Waals surface area contributed by atoms with Gasteiger partial charge in [-0.05, 0) is 110 Å². The number of hydrogen-bond acceptors (Lipinski definition) is 22. The van der Waals surface area contributed by atoms with Crippen LogP contribution in [0.2, 0.25) is 0 Å². The maximum Gasteiger partial charge on any atom is 0.335 e. The molecule has 4 saturated carbocycles. The zero-order valence-corrected chi connectivity index (χ0v) is 45.4. The third kappa shape index (κ3) is 9.80. The average molecular weight is 1110 g/mol. The van der Waals surface area contributed by atoms with Gasteiger partial charge in [-0.3, -0.25) is 0 Å². The van der Waals surface area contributed by atoms with Crippen molar-refractivity contribution in [2.24, 2.45) is 50.2 Å². The number of ether oxygens (including phenoxy) is 8. The summed E-state index contributed by atoms with van der Waals surface area (Å²) in [6.45, 7) is 15.7. The number of aliphatic hydroxyl groups excluding tert-OH is 13. The highest BCUT2D eigenvalue weighted by Gasteiger charge is 2.70. The number of carboxylic acids is 1. The predicted molar refractivity (Wildman–Crippen MR) is 263 cm³/mol. The van der Waals surface area contributed by atoms with Gasteiger partial charge in [0.2, 0.25) is 0 Å². The van der Waals surface area contributed by atoms with Crippen molar-refractivity contribution in [1.82, 2.24) is 0 Å². The van der Waals surface area contributed by atoms with Gasteiger partial charge in [-0.15, -0.1) is 0 Å². The van der Waals surface area contributed by atoms with E-state index >= 15 is 0 Å². The molecule has 30 atom stereocenters. The standard InChI is InChI=1S/C54H88O23/c1-22-31(58)34(61)40(67)46(71-22)76-42-36(63)33(60)26(20-56)73-47(42)77-43-38(65)37(64)41(44(68)69)75-48(43)74-30-12-13-52(6)27(49(30,2)3)11-14-54(8)28(52)10-9-23-24-17-50(4,18-29(57)51(24,5)15-16-53(23,54)7)21-70-45-39(66)35(62)32(59)25(19-55)72-45/h9,22,24-43,45-48,55-67H,10-21H2,1-8H3,(H,68,69). The minimum absolute atomic E-state index is 0.00653. The van der Waals surface area contributed by atoms with Crippen molar-refractivity contribution < 1.29 is 114 Å². The molecule has 4 aliphatic heterocycles. The van der Waals surface area contributed by atoms with Crippen LogP contribution in [0.15, 0.2) is 11.6 Å². The number of carbonyl (C=O) groups is 1. The summed E-state index contributed by atoms with van der Waals surface area (Å²) in [6, 6.07) is 0. The Labute approximate surface area is 449 Å². The van der Waals surface area contributed by atoms with Crippen LogP contribution in [0.5, 0.6) is 0 Å². The first-order chi connectivity index (χ1) is 35.9. The first kappa shape index (κ1) is 60.0. The molecule has 442 valence electrons. The molecule has 4 heterocycles. The van der Waals surface area contributed by atoms with Gasteiger partial charge < -0.3 is 109 Å². The molecule has 0 amide bonds. The molecule has 0 bridgehead atoms. The molecule has 0 aromatic heterocycles. The Morgan fingerprint density at radius 2 is 1.16 bits per heavy atom. The van der Waals surface area contributed by atoms with Crippen molar-refractivity contribution >= 4 is 5.97 Å². The van der Waals surface area contributed by atoms with E-state index in [4.69, 9.17) is 37.9 Å². The summed E-state index contributed by atoms with van der Waals surface area (Å²) in [4.78, 5) is 12.6. The van der Waals surface area contributed by atoms with Crippen LogP contribution in [-0.4, -0.2) is 232 Å². The molecule has 8 fully saturated rings. The minimum atomic E-state index is -2.07. The van der Waals surface area contributed by atoms with Crippen molar-refractivity contribution in [3.8, 4) is 0 Å². The van der Waals surface area contributed by atoms with Gasteiger partial charge in [0.1, 0.15) is 85.5 Å². The topological polar surface area (TPSA) is 374 Å². The second-order valence-electron chi connectivity index (χ2n) is 26.4. The van der Waals surface area contributed by atoms with E-state index in [0.717, 1.165) is 32.1 Å². The fourth-order valence-corrected chi connectivity index (χ4v) is 16.6. The SMILES string of the molecule is CC1OC(OC2C(OC3C(OC4CCC5(C)C(CCC6(C)C5CC=C5C7CC(C)(COC8OC(CO)C(O)C(O)C8O)CC(O)C7(C)CCC56C)C4(C)C)OC(C(=O)O)C(O)C3O)OC(CO)C(O)C2O)C(O)C(O)C1O. The Kier molecular flexibility index (Phi) is 16.8. The maximum atomic E-state index is 12.6. The van der Waals surface area contributed by atoms with Gasteiger partial charge in [0.05, 0.1) is 38.1 Å². The summed E-state index contributed by atoms with van der Waals surface area (Å²) in [6.07, 6.45) is -25.8. The lowest BCUT2D eigenvalue weighted by Crippen LogP contribution is -2.68. The second-order valence-corrected chi connectivity index (χ2v) is 26.4. The zero-order valence-electron chi connectivity index (χ0n) is 45.4. The lowest BCUT2D eigenvalue weighted by Gasteiger charge is -2.72. The Bertz CT molecular complexity index is 2130. The molecule has 0 aromatic carbocycles. The van der Waals surface area contributed by atoms with Crippen LogP contribution in [0.25, 0.3) is 0 Å². The molecule has 23 heteroatoms. The molecule has 0 aromatic rings. The number of hydrogen-bond donors (Lipinski definition) is 14. The second kappa shape index (κ2) is 21.5. The van der Waals surface area contributed by atoms with E-state index in [9.17, 15) is 76.3 Å². The number of aliphatic carboxylic acids is 1. The summed E-state index contributed by atoms with van der Waals surface area (Å²) in [5, 5.41) is 151. The molecule has 23 nitrogen and oxygen atoms in total. The lowest BCUT2D eigenvalue weighted by atomic mass is 9.33. The van der Waals surface area contributed by atoms with E-state index in [1.807, 2.05) is 0 Å². The number of allylic oxidation sites excluding steroid dienone is 2. The lowest BCUT2D eigenvalue weighted by molar-refractivity contribution is -0.395. The van der Waals surface area contributed by atoms with Gasteiger partial charge in [-0.1, -0.05) is 60.1 Å². The van der Waals surface area contributed by atoms with Crippen molar-refractivity contribution in [2.45, 2.75) is 248 Å². The monoisotopic (exact) mass is 1100 g/mol. The normalized spacial score (nSPS) is 55.7. The van der Waals surface area contributed by atoms with E-state index in [0.29, 0.717) is 25.7 Å². The van der Waals surface area contributed by atoms with Gasteiger partial charge in [0, 0.05) is 5.41 Å². The quantitative estimate of drug-likeness (QED) is 0.0783. The van der Waals surface area contributed by atoms with Crippen molar-refractivity contribution in [2.75, 3.05) is 19.8 Å². The fraction of sp³-hybridized carbons (Fsp3) is 0.944. The third-order valence-electron chi connectivity index (χ3n) is 21.7. The zero-order chi connectivity index (χ0) is 56.4. The van der Waals surface area contributed by atoms with Crippen LogP contribution in [0.3, 0.4) is 0 Å².